The third kappa shape index (κ3) is 3.78. The Labute approximate surface area is 185 Å². The molecular weight excluding hydrogens is 440 g/mol. The number of carbonyl (C=O) groups is 1. The molecule has 1 amide bonds. The van der Waals surface area contributed by atoms with Crippen molar-refractivity contribution in [1.82, 2.24) is 24.7 Å². The molecule has 4 aromatic rings. The Morgan fingerprint density at radius 2 is 2.10 bits per heavy atom. The van der Waals surface area contributed by atoms with E-state index in [1.54, 1.807) is 13.0 Å². The van der Waals surface area contributed by atoms with Crippen molar-refractivity contribution in [3.63, 3.8) is 0 Å². The maximum atomic E-state index is 12.9. The van der Waals surface area contributed by atoms with Gasteiger partial charge in [-0.3, -0.25) is 19.8 Å². The first-order valence-electron chi connectivity index (χ1n) is 8.97. The SMILES string of the molecule is C=CCn1c(-c2sc(NC(=O)c3sc(-c4ccc(C)o4)nc3C)nc2C)n[nH]c1=S. The highest BCUT2D eigenvalue weighted by Gasteiger charge is 2.21. The molecule has 0 unspecified atom stereocenters. The van der Waals surface area contributed by atoms with E-state index >= 15 is 0 Å². The number of nitrogens with one attached hydrogen (secondary N) is 2. The van der Waals surface area contributed by atoms with E-state index in [0.29, 0.717) is 43.6 Å². The van der Waals surface area contributed by atoms with E-state index < -0.39 is 0 Å². The summed E-state index contributed by atoms with van der Waals surface area (Å²) in [5.41, 5.74) is 1.39. The molecule has 30 heavy (non-hydrogen) atoms. The maximum Gasteiger partial charge on any atom is 0.269 e. The van der Waals surface area contributed by atoms with Crippen molar-refractivity contribution in [2.45, 2.75) is 27.3 Å². The number of furan rings is 1. The number of hydrogen-bond donors (Lipinski definition) is 2. The number of allylic oxidation sites excluding steroid dienone is 1. The van der Waals surface area contributed by atoms with Crippen LogP contribution >= 0.6 is 34.9 Å². The van der Waals surface area contributed by atoms with Gasteiger partial charge in [-0.05, 0) is 45.1 Å². The second-order valence-corrected chi connectivity index (χ2v) is 8.87. The van der Waals surface area contributed by atoms with E-state index in [1.165, 1.54) is 22.7 Å². The minimum Gasteiger partial charge on any atom is -0.459 e. The van der Waals surface area contributed by atoms with Crippen LogP contribution in [0, 0.1) is 25.5 Å². The van der Waals surface area contributed by atoms with Crippen LogP contribution in [0.4, 0.5) is 5.13 Å². The van der Waals surface area contributed by atoms with Gasteiger partial charge in [0.1, 0.15) is 10.6 Å². The molecule has 0 aromatic carbocycles. The molecule has 0 saturated heterocycles. The number of nitrogens with zero attached hydrogens (tertiary/aromatic N) is 4. The lowest BCUT2D eigenvalue weighted by Gasteiger charge is -2.01. The summed E-state index contributed by atoms with van der Waals surface area (Å²) >= 11 is 7.91. The van der Waals surface area contributed by atoms with Crippen LogP contribution in [0.3, 0.4) is 0 Å². The fourth-order valence-electron chi connectivity index (χ4n) is 2.86. The molecule has 0 aliphatic rings. The van der Waals surface area contributed by atoms with Crippen LogP contribution in [0.25, 0.3) is 21.5 Å². The van der Waals surface area contributed by atoms with Gasteiger partial charge in [0, 0.05) is 6.54 Å². The first kappa shape index (κ1) is 20.4. The van der Waals surface area contributed by atoms with E-state index in [9.17, 15) is 4.79 Å². The molecule has 11 heteroatoms. The number of H-pyrrole nitrogens is 1. The van der Waals surface area contributed by atoms with Crippen molar-refractivity contribution in [2.75, 3.05) is 5.32 Å². The normalized spacial score (nSPS) is 11.0. The highest BCUT2D eigenvalue weighted by molar-refractivity contribution is 7.71. The van der Waals surface area contributed by atoms with Crippen molar-refractivity contribution in [3.8, 4) is 21.5 Å². The topological polar surface area (TPSA) is 102 Å². The summed E-state index contributed by atoms with van der Waals surface area (Å²) < 4.78 is 7.95. The minimum atomic E-state index is -0.259. The first-order valence-corrected chi connectivity index (χ1v) is 11.0. The maximum absolute atomic E-state index is 12.9. The zero-order valence-electron chi connectivity index (χ0n) is 16.5. The summed E-state index contributed by atoms with van der Waals surface area (Å²) in [5.74, 6) is 1.85. The van der Waals surface area contributed by atoms with Crippen LogP contribution in [0.2, 0.25) is 0 Å². The molecule has 0 saturated carbocycles. The molecule has 4 heterocycles. The standard InChI is InChI=1S/C19H18N6O2S3/c1-5-8-25-15(23-24-19(25)28)13-10(3)21-18(30-13)22-16(26)14-11(4)20-17(29-14)12-7-6-9(2)27-12/h5-7H,1,8H2,2-4H3,(H,24,28)(H,21,22,26). The molecule has 0 fully saturated rings. The molecule has 0 aliphatic heterocycles. The zero-order valence-corrected chi connectivity index (χ0v) is 18.9. The summed E-state index contributed by atoms with van der Waals surface area (Å²) in [4.78, 5) is 23.2. The number of aromatic amines is 1. The van der Waals surface area contributed by atoms with Crippen molar-refractivity contribution < 1.29 is 9.21 Å². The van der Waals surface area contributed by atoms with E-state index in [0.717, 1.165) is 16.3 Å². The van der Waals surface area contributed by atoms with Crippen molar-refractivity contribution in [1.29, 1.82) is 0 Å². The number of carbonyl (C=O) groups excluding carboxylic acids is 1. The van der Waals surface area contributed by atoms with Crippen molar-refractivity contribution in [2.24, 2.45) is 0 Å². The van der Waals surface area contributed by atoms with Crippen LogP contribution in [0.15, 0.2) is 29.2 Å². The monoisotopic (exact) mass is 458 g/mol. The molecule has 0 radical (unpaired) electrons. The van der Waals surface area contributed by atoms with Gasteiger partial charge in [0.15, 0.2) is 26.5 Å². The average Bonchev–Trinajstić information content (AvgIpc) is 3.45. The predicted molar refractivity (Wildman–Crippen MR) is 121 cm³/mol. The second-order valence-electron chi connectivity index (χ2n) is 6.48. The lowest BCUT2D eigenvalue weighted by atomic mass is 10.3. The van der Waals surface area contributed by atoms with Crippen LogP contribution in [0.5, 0.6) is 0 Å². The number of aryl methyl sites for hydroxylation is 3. The third-order valence-corrected chi connectivity index (χ3v) is 6.80. The van der Waals surface area contributed by atoms with Crippen LogP contribution in [-0.4, -0.2) is 30.6 Å². The summed E-state index contributed by atoms with van der Waals surface area (Å²) in [6.45, 7) is 9.82. The van der Waals surface area contributed by atoms with Crippen molar-refractivity contribution in [3.05, 3.63) is 51.6 Å². The van der Waals surface area contributed by atoms with E-state index in [2.05, 4.69) is 32.1 Å². The number of amides is 1. The summed E-state index contributed by atoms with van der Waals surface area (Å²) in [7, 11) is 0. The van der Waals surface area contributed by atoms with Crippen LogP contribution < -0.4 is 5.32 Å². The largest absolute Gasteiger partial charge is 0.459 e. The molecule has 0 atom stereocenters. The van der Waals surface area contributed by atoms with E-state index in [-0.39, 0.29) is 5.91 Å². The minimum absolute atomic E-state index is 0.259. The number of hydrogen-bond acceptors (Lipinski definition) is 8. The fourth-order valence-corrected chi connectivity index (χ4v) is 4.95. The number of aromatic nitrogens is 5. The molecule has 2 N–H and O–H groups in total. The third-order valence-electron chi connectivity index (χ3n) is 4.24. The Kier molecular flexibility index (Phi) is 5.50. The number of anilines is 1. The molecule has 0 aliphatic carbocycles. The molecule has 0 spiro atoms. The molecule has 8 nitrogen and oxygen atoms in total. The second kappa shape index (κ2) is 8.09. The van der Waals surface area contributed by atoms with Crippen LogP contribution in [0.1, 0.15) is 26.8 Å². The lowest BCUT2D eigenvalue weighted by molar-refractivity contribution is 0.103. The molecule has 154 valence electrons. The van der Waals surface area contributed by atoms with Gasteiger partial charge in [-0.2, -0.15) is 5.10 Å². The summed E-state index contributed by atoms with van der Waals surface area (Å²) in [6.07, 6.45) is 1.75. The average molecular weight is 459 g/mol. The molecule has 4 rings (SSSR count). The van der Waals surface area contributed by atoms with Gasteiger partial charge in [0.25, 0.3) is 5.91 Å². The van der Waals surface area contributed by atoms with Crippen LogP contribution in [-0.2, 0) is 6.54 Å². The van der Waals surface area contributed by atoms with E-state index in [4.69, 9.17) is 16.6 Å². The predicted octanol–water partition coefficient (Wildman–Crippen LogP) is 5.14. The Hall–Kier alpha value is -2.89. The molecule has 0 bridgehead atoms. The van der Waals surface area contributed by atoms with Gasteiger partial charge < -0.3 is 4.42 Å². The smallest absolute Gasteiger partial charge is 0.269 e. The Morgan fingerprint density at radius 1 is 1.30 bits per heavy atom. The summed E-state index contributed by atoms with van der Waals surface area (Å²) in [5, 5.41) is 11.1. The fraction of sp³-hybridized carbons (Fsp3) is 0.211. The van der Waals surface area contributed by atoms with Gasteiger partial charge >= 0.3 is 0 Å². The highest BCUT2D eigenvalue weighted by Crippen LogP contribution is 2.33. The molecule has 4 aromatic heterocycles. The number of thiazole rings is 2. The Morgan fingerprint density at radius 3 is 2.80 bits per heavy atom. The summed E-state index contributed by atoms with van der Waals surface area (Å²) in [6, 6.07) is 3.72. The lowest BCUT2D eigenvalue weighted by Crippen LogP contribution is -2.11. The van der Waals surface area contributed by atoms with Gasteiger partial charge in [0.05, 0.1) is 16.3 Å². The van der Waals surface area contributed by atoms with E-state index in [1.807, 2.05) is 30.5 Å². The van der Waals surface area contributed by atoms with Gasteiger partial charge in [0.2, 0.25) is 0 Å². The Bertz CT molecular complexity index is 1310. The quantitative estimate of drug-likeness (QED) is 0.306. The number of rotatable bonds is 6. The van der Waals surface area contributed by atoms with Crippen molar-refractivity contribution >= 4 is 45.9 Å². The first-order chi connectivity index (χ1) is 14.4. The molecular formula is C19H18N6O2S3. The Balaban J connectivity index is 1.60. The zero-order chi connectivity index (χ0) is 21.4. The highest BCUT2D eigenvalue weighted by atomic mass is 32.1. The van der Waals surface area contributed by atoms with Gasteiger partial charge in [-0.1, -0.05) is 17.4 Å². The van der Waals surface area contributed by atoms with Gasteiger partial charge in [-0.15, -0.1) is 17.9 Å². The van der Waals surface area contributed by atoms with Gasteiger partial charge in [-0.25, -0.2) is 9.97 Å².